The van der Waals surface area contributed by atoms with E-state index in [1.165, 1.54) is 5.56 Å². The van der Waals surface area contributed by atoms with Crippen LogP contribution in [-0.4, -0.2) is 44.1 Å². The fraction of sp³-hybridized carbons (Fsp3) is 0.375. The van der Waals surface area contributed by atoms with E-state index in [0.29, 0.717) is 24.5 Å². The molecule has 1 aliphatic carbocycles. The van der Waals surface area contributed by atoms with E-state index in [0.717, 1.165) is 19.3 Å². The van der Waals surface area contributed by atoms with Crippen molar-refractivity contribution in [2.75, 3.05) is 26.3 Å². The van der Waals surface area contributed by atoms with E-state index in [1.807, 2.05) is 25.1 Å². The molecule has 0 atom stereocenters. The quantitative estimate of drug-likeness (QED) is 0.572. The van der Waals surface area contributed by atoms with E-state index in [2.05, 4.69) is 22.8 Å². The van der Waals surface area contributed by atoms with Crippen molar-refractivity contribution in [1.29, 1.82) is 0 Å². The van der Waals surface area contributed by atoms with Gasteiger partial charge in [-0.25, -0.2) is 0 Å². The number of esters is 1. The second-order valence-corrected chi connectivity index (χ2v) is 7.55. The number of rotatable bonds is 10. The second kappa shape index (κ2) is 10.6. The van der Waals surface area contributed by atoms with Gasteiger partial charge in [0.1, 0.15) is 12.3 Å². The van der Waals surface area contributed by atoms with Crippen molar-refractivity contribution in [2.24, 2.45) is 0 Å². The van der Waals surface area contributed by atoms with Crippen molar-refractivity contribution < 1.29 is 23.9 Å². The zero-order valence-electron chi connectivity index (χ0n) is 17.7. The molecule has 2 N–H and O–H groups in total. The van der Waals surface area contributed by atoms with Gasteiger partial charge in [0, 0.05) is 12.0 Å². The standard InChI is InChI=1S/C24H28N2O5/c1-2-30-20-12-7-6-11-19(20)23(29)25-15-22(28)31-16-21(27)26-17-24(13-8-14-24)18-9-4-3-5-10-18/h3-7,9-12H,2,8,13-17H2,1H3,(H,25,29)(H,26,27). The predicted octanol–water partition coefficient (Wildman–Crippen LogP) is 2.60. The summed E-state index contributed by atoms with van der Waals surface area (Å²) in [5, 5.41) is 5.36. The molecule has 31 heavy (non-hydrogen) atoms. The number of ether oxygens (including phenoxy) is 2. The zero-order valence-corrected chi connectivity index (χ0v) is 17.7. The topological polar surface area (TPSA) is 93.7 Å². The average Bonchev–Trinajstić information content (AvgIpc) is 2.76. The van der Waals surface area contributed by atoms with Crippen LogP contribution in [0.3, 0.4) is 0 Å². The highest BCUT2D eigenvalue weighted by molar-refractivity contribution is 5.98. The Bertz CT molecular complexity index is 909. The molecule has 7 heteroatoms. The summed E-state index contributed by atoms with van der Waals surface area (Å²) in [6, 6.07) is 16.9. The van der Waals surface area contributed by atoms with Gasteiger partial charge >= 0.3 is 5.97 Å². The summed E-state index contributed by atoms with van der Waals surface area (Å²) in [6.07, 6.45) is 3.17. The molecule has 0 radical (unpaired) electrons. The van der Waals surface area contributed by atoms with Gasteiger partial charge < -0.3 is 20.1 Å². The number of hydrogen-bond acceptors (Lipinski definition) is 5. The SMILES string of the molecule is CCOc1ccccc1C(=O)NCC(=O)OCC(=O)NCC1(c2ccccc2)CCC1. The second-order valence-electron chi connectivity index (χ2n) is 7.55. The molecule has 1 fully saturated rings. The molecule has 0 saturated heterocycles. The van der Waals surface area contributed by atoms with E-state index in [4.69, 9.17) is 9.47 Å². The molecule has 0 spiro atoms. The summed E-state index contributed by atoms with van der Waals surface area (Å²) >= 11 is 0. The Kier molecular flexibility index (Phi) is 7.65. The van der Waals surface area contributed by atoms with Crippen molar-refractivity contribution in [3.63, 3.8) is 0 Å². The van der Waals surface area contributed by atoms with Crippen LogP contribution in [0.2, 0.25) is 0 Å². The Labute approximate surface area is 182 Å². The van der Waals surface area contributed by atoms with Crippen LogP contribution >= 0.6 is 0 Å². The lowest BCUT2D eigenvalue weighted by molar-refractivity contribution is -0.147. The highest BCUT2D eigenvalue weighted by Gasteiger charge is 2.38. The Morgan fingerprint density at radius 3 is 2.35 bits per heavy atom. The van der Waals surface area contributed by atoms with E-state index >= 15 is 0 Å². The van der Waals surface area contributed by atoms with Gasteiger partial charge in [-0.1, -0.05) is 48.9 Å². The summed E-state index contributed by atoms with van der Waals surface area (Å²) in [5.41, 5.74) is 1.51. The van der Waals surface area contributed by atoms with Gasteiger partial charge in [0.15, 0.2) is 6.61 Å². The van der Waals surface area contributed by atoms with E-state index in [9.17, 15) is 14.4 Å². The molecule has 164 valence electrons. The minimum Gasteiger partial charge on any atom is -0.493 e. The van der Waals surface area contributed by atoms with Crippen LogP contribution in [0.1, 0.15) is 42.1 Å². The van der Waals surface area contributed by atoms with Crippen LogP contribution in [0, 0.1) is 0 Å². The third-order valence-electron chi connectivity index (χ3n) is 5.51. The summed E-state index contributed by atoms with van der Waals surface area (Å²) in [5.74, 6) is -1.04. The van der Waals surface area contributed by atoms with Gasteiger partial charge in [0.05, 0.1) is 12.2 Å². The number of carbonyl (C=O) groups is 3. The lowest BCUT2D eigenvalue weighted by Crippen LogP contribution is -2.46. The molecule has 0 heterocycles. The van der Waals surface area contributed by atoms with Gasteiger partial charge in [-0.3, -0.25) is 14.4 Å². The summed E-state index contributed by atoms with van der Waals surface area (Å²) in [4.78, 5) is 36.4. The fourth-order valence-electron chi connectivity index (χ4n) is 3.66. The number of carbonyl (C=O) groups excluding carboxylic acids is 3. The van der Waals surface area contributed by atoms with Gasteiger partial charge in [-0.15, -0.1) is 0 Å². The average molecular weight is 424 g/mol. The number of para-hydroxylation sites is 1. The van der Waals surface area contributed by atoms with Crippen LogP contribution < -0.4 is 15.4 Å². The predicted molar refractivity (Wildman–Crippen MR) is 116 cm³/mol. The first kappa shape index (κ1) is 22.3. The van der Waals surface area contributed by atoms with E-state index in [1.54, 1.807) is 24.3 Å². The third-order valence-corrected chi connectivity index (χ3v) is 5.51. The molecule has 1 aliphatic rings. The Morgan fingerprint density at radius 2 is 1.68 bits per heavy atom. The van der Waals surface area contributed by atoms with Crippen LogP contribution in [0.25, 0.3) is 0 Å². The first-order valence-electron chi connectivity index (χ1n) is 10.5. The van der Waals surface area contributed by atoms with Gasteiger partial charge in [0.2, 0.25) is 0 Å². The zero-order chi connectivity index (χ0) is 22.1. The molecule has 1 saturated carbocycles. The van der Waals surface area contributed by atoms with Crippen LogP contribution in [-0.2, 0) is 19.7 Å². The maximum atomic E-state index is 12.3. The molecule has 0 unspecified atom stereocenters. The molecule has 2 aromatic carbocycles. The summed E-state index contributed by atoms with van der Waals surface area (Å²) in [7, 11) is 0. The minimum absolute atomic E-state index is 0.0388. The van der Waals surface area contributed by atoms with Crippen molar-refractivity contribution >= 4 is 17.8 Å². The van der Waals surface area contributed by atoms with Crippen LogP contribution in [0.5, 0.6) is 5.75 Å². The van der Waals surface area contributed by atoms with Crippen molar-refractivity contribution in [2.45, 2.75) is 31.6 Å². The highest BCUT2D eigenvalue weighted by atomic mass is 16.5. The van der Waals surface area contributed by atoms with Crippen molar-refractivity contribution in [3.05, 3.63) is 65.7 Å². The van der Waals surface area contributed by atoms with E-state index in [-0.39, 0.29) is 24.5 Å². The van der Waals surface area contributed by atoms with Gasteiger partial charge in [-0.2, -0.15) is 0 Å². The van der Waals surface area contributed by atoms with Crippen LogP contribution in [0.15, 0.2) is 54.6 Å². The number of amides is 2. The fourth-order valence-corrected chi connectivity index (χ4v) is 3.66. The van der Waals surface area contributed by atoms with E-state index < -0.39 is 11.9 Å². The molecular weight excluding hydrogens is 396 g/mol. The van der Waals surface area contributed by atoms with Crippen LogP contribution in [0.4, 0.5) is 0 Å². The Balaban J connectivity index is 1.41. The van der Waals surface area contributed by atoms with Crippen molar-refractivity contribution in [1.82, 2.24) is 10.6 Å². The molecular formula is C24H28N2O5. The largest absolute Gasteiger partial charge is 0.493 e. The number of nitrogens with one attached hydrogen (secondary N) is 2. The van der Waals surface area contributed by atoms with Gasteiger partial charge in [-0.05, 0) is 37.5 Å². The molecule has 0 aliphatic heterocycles. The number of hydrogen-bond donors (Lipinski definition) is 2. The first-order valence-corrected chi connectivity index (χ1v) is 10.5. The maximum absolute atomic E-state index is 12.3. The Hall–Kier alpha value is -3.35. The monoisotopic (exact) mass is 424 g/mol. The Morgan fingerprint density at radius 1 is 0.968 bits per heavy atom. The third kappa shape index (κ3) is 5.84. The summed E-state index contributed by atoms with van der Waals surface area (Å²) in [6.45, 7) is 2.05. The lowest BCUT2D eigenvalue weighted by Gasteiger charge is -2.42. The molecule has 0 bridgehead atoms. The molecule has 2 amide bonds. The highest BCUT2D eigenvalue weighted by Crippen LogP contribution is 2.43. The van der Waals surface area contributed by atoms with Crippen molar-refractivity contribution in [3.8, 4) is 5.75 Å². The first-order chi connectivity index (χ1) is 15.0. The molecule has 2 aromatic rings. The smallest absolute Gasteiger partial charge is 0.325 e. The normalized spacial score (nSPS) is 14.1. The summed E-state index contributed by atoms with van der Waals surface area (Å²) < 4.78 is 10.4. The molecule has 0 aromatic heterocycles. The van der Waals surface area contributed by atoms with Gasteiger partial charge in [0.25, 0.3) is 11.8 Å². The molecule has 7 nitrogen and oxygen atoms in total. The number of benzene rings is 2. The maximum Gasteiger partial charge on any atom is 0.325 e. The lowest BCUT2D eigenvalue weighted by atomic mass is 9.64. The molecule has 3 rings (SSSR count). The minimum atomic E-state index is -0.682.